The maximum atomic E-state index is 6.13. The molecule has 18 heavy (non-hydrogen) atoms. The van der Waals surface area contributed by atoms with E-state index in [4.69, 9.17) is 17.3 Å². The van der Waals surface area contributed by atoms with Gasteiger partial charge < -0.3 is 15.5 Å². The van der Waals surface area contributed by atoms with E-state index in [-0.39, 0.29) is 0 Å². The van der Waals surface area contributed by atoms with Gasteiger partial charge >= 0.3 is 0 Å². The molecule has 1 fully saturated rings. The van der Waals surface area contributed by atoms with Crippen molar-refractivity contribution < 1.29 is 0 Å². The van der Waals surface area contributed by atoms with E-state index in [1.54, 1.807) is 12.5 Å². The highest BCUT2D eigenvalue weighted by Gasteiger charge is 2.17. The Bertz CT molecular complexity index is 373. The molecule has 1 aliphatic rings. The number of nitrogens with two attached hydrogens (primary N) is 1. The average molecular weight is 270 g/mol. The van der Waals surface area contributed by atoms with Crippen LogP contribution in [0, 0.1) is 0 Å². The van der Waals surface area contributed by atoms with Crippen LogP contribution in [-0.4, -0.2) is 54.1 Å². The molecule has 2 heterocycles. The molecule has 0 bridgehead atoms. The van der Waals surface area contributed by atoms with E-state index < -0.39 is 0 Å². The van der Waals surface area contributed by atoms with Gasteiger partial charge in [-0.2, -0.15) is 0 Å². The number of hydrogen-bond donors (Lipinski definition) is 1. The van der Waals surface area contributed by atoms with Crippen molar-refractivity contribution in [2.75, 3.05) is 44.2 Å². The molecule has 1 aromatic rings. The Hall–Kier alpha value is -0.910. The second-order valence-corrected chi connectivity index (χ2v) is 4.93. The molecular weight excluding hydrogens is 250 g/mol. The zero-order valence-corrected chi connectivity index (χ0v) is 11.3. The molecule has 1 saturated heterocycles. The summed E-state index contributed by atoms with van der Waals surface area (Å²) in [6, 6.07) is 0. The molecule has 100 valence electrons. The molecule has 0 unspecified atom stereocenters. The van der Waals surface area contributed by atoms with Gasteiger partial charge in [-0.1, -0.05) is 11.6 Å². The second kappa shape index (κ2) is 6.87. The van der Waals surface area contributed by atoms with E-state index in [0.717, 1.165) is 57.9 Å². The summed E-state index contributed by atoms with van der Waals surface area (Å²) in [5.41, 5.74) is 5.55. The minimum atomic E-state index is 0.632. The fourth-order valence-electron chi connectivity index (χ4n) is 2.26. The van der Waals surface area contributed by atoms with Gasteiger partial charge in [0.25, 0.3) is 0 Å². The fraction of sp³-hybridized carbons (Fsp3) is 0.667. The van der Waals surface area contributed by atoms with Crippen molar-refractivity contribution in [3.05, 3.63) is 17.5 Å². The van der Waals surface area contributed by atoms with Gasteiger partial charge in [-0.05, 0) is 32.5 Å². The van der Waals surface area contributed by atoms with Gasteiger partial charge in [0.05, 0.1) is 6.20 Å². The number of aromatic nitrogens is 2. The summed E-state index contributed by atoms with van der Waals surface area (Å²) in [5, 5.41) is 0.632. The molecule has 0 radical (unpaired) electrons. The maximum absolute atomic E-state index is 6.13. The maximum Gasteiger partial charge on any atom is 0.150 e. The minimum absolute atomic E-state index is 0.632. The summed E-state index contributed by atoms with van der Waals surface area (Å²) in [6.45, 7) is 5.97. The lowest BCUT2D eigenvalue weighted by molar-refractivity contribution is 0.291. The first-order valence-corrected chi connectivity index (χ1v) is 6.82. The summed E-state index contributed by atoms with van der Waals surface area (Å²) in [4.78, 5) is 12.9. The predicted octanol–water partition coefficient (Wildman–Crippen LogP) is 0.991. The van der Waals surface area contributed by atoms with E-state index in [1.165, 1.54) is 0 Å². The summed E-state index contributed by atoms with van der Waals surface area (Å²) in [7, 11) is 0. The molecule has 1 aromatic heterocycles. The number of hydrogen-bond acceptors (Lipinski definition) is 5. The average Bonchev–Trinajstić information content (AvgIpc) is 2.62. The van der Waals surface area contributed by atoms with Gasteiger partial charge in [0.1, 0.15) is 11.3 Å². The van der Waals surface area contributed by atoms with E-state index in [9.17, 15) is 0 Å². The summed E-state index contributed by atoms with van der Waals surface area (Å²) in [6.07, 6.45) is 5.40. The molecule has 6 heteroatoms. The van der Waals surface area contributed by atoms with Gasteiger partial charge in [0, 0.05) is 19.6 Å². The highest BCUT2D eigenvalue weighted by Crippen LogP contribution is 2.22. The lowest BCUT2D eigenvalue weighted by Gasteiger charge is -2.23. The molecule has 0 spiro atoms. The number of nitrogens with zero attached hydrogens (tertiary/aromatic N) is 4. The van der Waals surface area contributed by atoms with Crippen molar-refractivity contribution in [3.63, 3.8) is 0 Å². The second-order valence-electron chi connectivity index (χ2n) is 4.52. The molecule has 0 saturated carbocycles. The Morgan fingerprint density at radius 3 is 2.94 bits per heavy atom. The van der Waals surface area contributed by atoms with Crippen LogP contribution < -0.4 is 10.6 Å². The number of rotatable bonds is 4. The minimum Gasteiger partial charge on any atom is -0.354 e. The van der Waals surface area contributed by atoms with Gasteiger partial charge in [0.15, 0.2) is 5.82 Å². The van der Waals surface area contributed by atoms with Crippen molar-refractivity contribution in [1.82, 2.24) is 14.9 Å². The molecule has 0 aliphatic carbocycles. The zero-order valence-electron chi connectivity index (χ0n) is 10.6. The Labute approximate surface area is 113 Å². The smallest absolute Gasteiger partial charge is 0.150 e. The lowest BCUT2D eigenvalue weighted by Crippen LogP contribution is -2.32. The SMILES string of the molecule is NCCCN1CCCN(c2ncncc2Cl)CC1. The standard InChI is InChI=1S/C12H20ClN5/c13-11-9-15-10-16-12(11)18-6-2-5-17(7-8-18)4-1-3-14/h9-10H,1-8,14H2. The van der Waals surface area contributed by atoms with Crippen LogP contribution in [0.25, 0.3) is 0 Å². The van der Waals surface area contributed by atoms with E-state index in [0.29, 0.717) is 5.02 Å². The van der Waals surface area contributed by atoms with Gasteiger partial charge in [-0.15, -0.1) is 0 Å². The molecule has 5 nitrogen and oxygen atoms in total. The van der Waals surface area contributed by atoms with Crippen LogP contribution in [0.15, 0.2) is 12.5 Å². The van der Waals surface area contributed by atoms with Crippen LogP contribution in [-0.2, 0) is 0 Å². The Morgan fingerprint density at radius 1 is 1.28 bits per heavy atom. The first-order valence-electron chi connectivity index (χ1n) is 6.44. The number of halogens is 1. The lowest BCUT2D eigenvalue weighted by atomic mass is 10.3. The zero-order chi connectivity index (χ0) is 12.8. The molecule has 2 rings (SSSR count). The summed E-state index contributed by atoms with van der Waals surface area (Å²) in [5.74, 6) is 0.854. The summed E-state index contributed by atoms with van der Waals surface area (Å²) < 4.78 is 0. The van der Waals surface area contributed by atoms with Crippen LogP contribution in [0.5, 0.6) is 0 Å². The first kappa shape index (κ1) is 13.5. The fourth-order valence-corrected chi connectivity index (χ4v) is 2.48. The monoisotopic (exact) mass is 269 g/mol. The predicted molar refractivity (Wildman–Crippen MR) is 74.0 cm³/mol. The third-order valence-corrected chi connectivity index (χ3v) is 3.48. The Balaban J connectivity index is 1.95. The van der Waals surface area contributed by atoms with Crippen molar-refractivity contribution in [3.8, 4) is 0 Å². The van der Waals surface area contributed by atoms with Gasteiger partial charge in [-0.25, -0.2) is 9.97 Å². The van der Waals surface area contributed by atoms with Crippen LogP contribution in [0.2, 0.25) is 5.02 Å². The highest BCUT2D eigenvalue weighted by molar-refractivity contribution is 6.32. The van der Waals surface area contributed by atoms with Crippen molar-refractivity contribution >= 4 is 17.4 Å². The third-order valence-electron chi connectivity index (χ3n) is 3.21. The quantitative estimate of drug-likeness (QED) is 0.883. The highest BCUT2D eigenvalue weighted by atomic mass is 35.5. The summed E-state index contributed by atoms with van der Waals surface area (Å²) >= 11 is 6.13. The van der Waals surface area contributed by atoms with E-state index >= 15 is 0 Å². The molecule has 0 amide bonds. The molecular formula is C12H20ClN5. The normalized spacial score (nSPS) is 17.8. The molecule has 0 aromatic carbocycles. The topological polar surface area (TPSA) is 58.3 Å². The van der Waals surface area contributed by atoms with E-state index in [1.807, 2.05) is 0 Å². The third kappa shape index (κ3) is 3.54. The van der Waals surface area contributed by atoms with Crippen LogP contribution in [0.1, 0.15) is 12.8 Å². The van der Waals surface area contributed by atoms with Crippen LogP contribution in [0.3, 0.4) is 0 Å². The molecule has 0 atom stereocenters. The largest absolute Gasteiger partial charge is 0.354 e. The van der Waals surface area contributed by atoms with Gasteiger partial charge in [0.2, 0.25) is 0 Å². The van der Waals surface area contributed by atoms with Crippen LogP contribution in [0.4, 0.5) is 5.82 Å². The van der Waals surface area contributed by atoms with Crippen LogP contribution >= 0.6 is 11.6 Å². The molecule has 2 N–H and O–H groups in total. The van der Waals surface area contributed by atoms with Crippen molar-refractivity contribution in [1.29, 1.82) is 0 Å². The first-order chi connectivity index (χ1) is 8.81. The van der Waals surface area contributed by atoms with Crippen molar-refractivity contribution in [2.45, 2.75) is 12.8 Å². The van der Waals surface area contributed by atoms with Crippen molar-refractivity contribution in [2.24, 2.45) is 5.73 Å². The molecule has 1 aliphatic heterocycles. The van der Waals surface area contributed by atoms with Gasteiger partial charge in [-0.3, -0.25) is 0 Å². The van der Waals surface area contributed by atoms with E-state index in [2.05, 4.69) is 19.8 Å². The Kier molecular flexibility index (Phi) is 5.16. The Morgan fingerprint density at radius 2 is 2.17 bits per heavy atom. The number of anilines is 1.